The van der Waals surface area contributed by atoms with Crippen LogP contribution in [0, 0.1) is 0 Å². The number of hydrogen-bond donors (Lipinski definition) is 2. The number of phosphoric acid groups is 1. The van der Waals surface area contributed by atoms with Crippen LogP contribution in [-0.2, 0) is 28.2 Å². The quantitative estimate of drug-likeness (QED) is 0.0404. The van der Waals surface area contributed by atoms with Gasteiger partial charge in [0.1, 0.15) is 6.61 Å². The summed E-state index contributed by atoms with van der Waals surface area (Å²) >= 11 is 0. The van der Waals surface area contributed by atoms with Crippen LogP contribution in [0.3, 0.4) is 0 Å². The molecule has 0 aliphatic rings. The Morgan fingerprint density at radius 1 is 0.650 bits per heavy atom. The lowest BCUT2D eigenvalue weighted by Crippen LogP contribution is -2.29. The second-order valence-electron chi connectivity index (χ2n) is 10.4. The van der Waals surface area contributed by atoms with Gasteiger partial charge in [0.15, 0.2) is 6.10 Å². The van der Waals surface area contributed by atoms with Gasteiger partial charge in [-0.25, -0.2) is 4.57 Å². The van der Waals surface area contributed by atoms with E-state index < -0.39 is 32.5 Å². The van der Waals surface area contributed by atoms with Gasteiger partial charge in [-0.05, 0) is 44.9 Å². The molecule has 0 bridgehead atoms. The van der Waals surface area contributed by atoms with Gasteiger partial charge in [-0.3, -0.25) is 14.1 Å². The van der Waals surface area contributed by atoms with Gasteiger partial charge in [-0.2, -0.15) is 0 Å². The Labute approximate surface area is 243 Å². The summed E-state index contributed by atoms with van der Waals surface area (Å²) in [5, 5.41) is 0. The maximum absolute atomic E-state index is 12.2. The van der Waals surface area contributed by atoms with Crippen molar-refractivity contribution >= 4 is 19.8 Å². The van der Waals surface area contributed by atoms with Gasteiger partial charge in [0.2, 0.25) is 0 Å². The Balaban J connectivity index is 4.05. The average Bonchev–Trinajstić information content (AvgIpc) is 2.91. The summed E-state index contributed by atoms with van der Waals surface area (Å²) in [5.41, 5.74) is 0. The maximum Gasteiger partial charge on any atom is 0.469 e. The van der Waals surface area contributed by atoms with E-state index in [4.69, 9.17) is 19.3 Å². The van der Waals surface area contributed by atoms with E-state index >= 15 is 0 Å². The summed E-state index contributed by atoms with van der Waals surface area (Å²) in [7, 11) is -4.74. The highest BCUT2D eigenvalue weighted by Crippen LogP contribution is 2.35. The van der Waals surface area contributed by atoms with Gasteiger partial charge >= 0.3 is 19.8 Å². The van der Waals surface area contributed by atoms with Crippen molar-refractivity contribution < 1.29 is 37.9 Å². The highest BCUT2D eigenvalue weighted by Gasteiger charge is 2.22. The molecule has 1 atom stereocenters. The molecule has 40 heavy (non-hydrogen) atoms. The molecule has 0 rings (SSSR count). The monoisotopic (exact) mass is 588 g/mol. The van der Waals surface area contributed by atoms with E-state index in [1.165, 1.54) is 44.9 Å². The fraction of sp³-hybridized carbons (Fsp3) is 0.806. The number of ether oxygens (including phenoxy) is 2. The van der Waals surface area contributed by atoms with Crippen LogP contribution in [0.15, 0.2) is 24.3 Å². The Kier molecular flexibility index (Phi) is 26.7. The molecule has 0 heterocycles. The van der Waals surface area contributed by atoms with Crippen molar-refractivity contribution in [1.82, 2.24) is 0 Å². The summed E-state index contributed by atoms with van der Waals surface area (Å²) in [5.74, 6) is -0.910. The number of carbonyl (C=O) groups excluding carboxylic acids is 2. The molecule has 0 spiro atoms. The predicted molar refractivity (Wildman–Crippen MR) is 161 cm³/mol. The van der Waals surface area contributed by atoms with Gasteiger partial charge < -0.3 is 19.3 Å². The van der Waals surface area contributed by atoms with Crippen molar-refractivity contribution in [2.75, 3.05) is 13.2 Å². The van der Waals surface area contributed by atoms with Crippen molar-refractivity contribution in [3.63, 3.8) is 0 Å². The lowest BCUT2D eigenvalue weighted by atomic mass is 10.1. The third-order valence-electron chi connectivity index (χ3n) is 6.47. The van der Waals surface area contributed by atoms with Gasteiger partial charge in [0.25, 0.3) is 0 Å². The van der Waals surface area contributed by atoms with Gasteiger partial charge in [-0.1, -0.05) is 109 Å². The van der Waals surface area contributed by atoms with Crippen LogP contribution >= 0.6 is 7.82 Å². The van der Waals surface area contributed by atoms with Crippen LogP contribution < -0.4 is 0 Å². The third-order valence-corrected chi connectivity index (χ3v) is 6.96. The van der Waals surface area contributed by atoms with Gasteiger partial charge in [0.05, 0.1) is 6.61 Å². The Morgan fingerprint density at radius 2 is 1.12 bits per heavy atom. The van der Waals surface area contributed by atoms with Crippen LogP contribution in [0.1, 0.15) is 142 Å². The number of allylic oxidation sites excluding steroid dienone is 4. The molecule has 0 saturated carbocycles. The summed E-state index contributed by atoms with van der Waals surface area (Å²) in [6.07, 6.45) is 27.8. The largest absolute Gasteiger partial charge is 0.469 e. The van der Waals surface area contributed by atoms with E-state index in [2.05, 4.69) is 42.7 Å². The second-order valence-corrected chi connectivity index (χ2v) is 11.7. The molecule has 0 fully saturated rings. The normalized spacial score (nSPS) is 12.8. The first kappa shape index (κ1) is 38.5. The number of esters is 2. The van der Waals surface area contributed by atoms with Crippen LogP contribution in [0.5, 0.6) is 0 Å². The molecule has 8 nitrogen and oxygen atoms in total. The summed E-state index contributed by atoms with van der Waals surface area (Å²) < 4.78 is 26.0. The molecule has 0 saturated heterocycles. The third kappa shape index (κ3) is 29.5. The van der Waals surface area contributed by atoms with E-state index in [1.807, 2.05) is 0 Å². The molecule has 0 aromatic carbocycles. The number of phosphoric ester groups is 1. The zero-order valence-corrected chi connectivity index (χ0v) is 26.1. The zero-order chi connectivity index (χ0) is 29.7. The molecule has 0 aromatic heterocycles. The fourth-order valence-corrected chi connectivity index (χ4v) is 4.47. The minimum Gasteiger partial charge on any atom is -0.462 e. The second kappa shape index (κ2) is 27.7. The fourth-order valence-electron chi connectivity index (χ4n) is 4.11. The van der Waals surface area contributed by atoms with E-state index in [0.717, 1.165) is 64.2 Å². The number of carbonyl (C=O) groups is 2. The Hall–Kier alpha value is -1.47. The number of rotatable bonds is 28. The van der Waals surface area contributed by atoms with Gasteiger partial charge in [-0.15, -0.1) is 0 Å². The first-order valence-electron chi connectivity index (χ1n) is 15.6. The van der Waals surface area contributed by atoms with E-state index in [-0.39, 0.29) is 19.4 Å². The van der Waals surface area contributed by atoms with Crippen molar-refractivity contribution in [2.45, 2.75) is 148 Å². The SMILES string of the molecule is CCCCC/C=C\C/C=C\CCCCCCCC(=O)OC(COC(=O)CCCCCCCCC)COP(=O)(O)O. The maximum atomic E-state index is 12.2. The first-order chi connectivity index (χ1) is 19.3. The molecule has 1 unspecified atom stereocenters. The van der Waals surface area contributed by atoms with Crippen LogP contribution in [0.4, 0.5) is 0 Å². The molecule has 9 heteroatoms. The summed E-state index contributed by atoms with van der Waals surface area (Å²) in [4.78, 5) is 42.3. The minimum absolute atomic E-state index is 0.197. The highest BCUT2D eigenvalue weighted by molar-refractivity contribution is 7.46. The molecule has 2 N–H and O–H groups in total. The number of hydrogen-bond acceptors (Lipinski definition) is 6. The molecular formula is C31H57O8P. The smallest absolute Gasteiger partial charge is 0.462 e. The summed E-state index contributed by atoms with van der Waals surface area (Å²) in [6, 6.07) is 0. The molecule has 0 amide bonds. The van der Waals surface area contributed by atoms with Crippen LogP contribution in [-0.4, -0.2) is 41.0 Å². The number of unbranched alkanes of at least 4 members (excludes halogenated alkanes) is 14. The molecule has 0 aromatic rings. The van der Waals surface area contributed by atoms with E-state index in [9.17, 15) is 14.2 Å². The van der Waals surface area contributed by atoms with Crippen LogP contribution in [0.25, 0.3) is 0 Å². The molecule has 0 radical (unpaired) electrons. The Morgan fingerprint density at radius 3 is 1.70 bits per heavy atom. The molecular weight excluding hydrogens is 531 g/mol. The highest BCUT2D eigenvalue weighted by atomic mass is 31.2. The van der Waals surface area contributed by atoms with E-state index in [0.29, 0.717) is 6.42 Å². The van der Waals surface area contributed by atoms with Crippen molar-refractivity contribution in [2.24, 2.45) is 0 Å². The van der Waals surface area contributed by atoms with Crippen LogP contribution in [0.2, 0.25) is 0 Å². The van der Waals surface area contributed by atoms with Crippen molar-refractivity contribution in [3.05, 3.63) is 24.3 Å². The predicted octanol–water partition coefficient (Wildman–Crippen LogP) is 8.50. The standard InChI is InChI=1S/C31H57O8P/c1-3-5-7-9-11-12-13-14-15-16-17-18-20-22-24-26-31(33)39-29(28-38-40(34,35)36)27-37-30(32)25-23-21-19-10-8-6-4-2/h11-12,14-15,29H,3-10,13,16-28H2,1-2H3,(H2,34,35,36)/b12-11-,15-14-. The lowest BCUT2D eigenvalue weighted by molar-refractivity contribution is -0.161. The molecule has 234 valence electrons. The minimum atomic E-state index is -4.74. The van der Waals surface area contributed by atoms with Crippen molar-refractivity contribution in [3.8, 4) is 0 Å². The first-order valence-corrected chi connectivity index (χ1v) is 17.2. The Bertz CT molecular complexity index is 716. The molecule has 0 aliphatic carbocycles. The lowest BCUT2D eigenvalue weighted by Gasteiger charge is -2.18. The topological polar surface area (TPSA) is 119 Å². The van der Waals surface area contributed by atoms with Crippen molar-refractivity contribution in [1.29, 1.82) is 0 Å². The summed E-state index contributed by atoms with van der Waals surface area (Å²) in [6.45, 7) is 3.56. The zero-order valence-electron chi connectivity index (χ0n) is 25.2. The molecule has 0 aliphatic heterocycles. The van der Waals surface area contributed by atoms with Gasteiger partial charge in [0, 0.05) is 12.8 Å². The average molecular weight is 589 g/mol. The van der Waals surface area contributed by atoms with E-state index in [1.54, 1.807) is 0 Å².